The Kier molecular flexibility index (Phi) is 4.24. The summed E-state index contributed by atoms with van der Waals surface area (Å²) >= 11 is 0. The molecule has 0 amide bonds. The van der Waals surface area contributed by atoms with E-state index in [0.29, 0.717) is 28.4 Å². The molecule has 1 heterocycles. The Bertz CT molecular complexity index is 808. The molecule has 0 bridgehead atoms. The van der Waals surface area contributed by atoms with Crippen molar-refractivity contribution in [3.05, 3.63) is 63.6 Å². The van der Waals surface area contributed by atoms with Crippen LogP contribution in [0.25, 0.3) is 0 Å². The molecule has 0 aliphatic heterocycles. The van der Waals surface area contributed by atoms with Crippen molar-refractivity contribution in [2.24, 2.45) is 0 Å². The fourth-order valence-corrected chi connectivity index (χ4v) is 2.99. The number of rotatable bonds is 4. The first-order valence-electron chi connectivity index (χ1n) is 7.76. The SMILES string of the molecule is N#Cc1ccc(C(=N)c2c(NC3CCCC3)cc[nH]c2=O)cc1. The van der Waals surface area contributed by atoms with Gasteiger partial charge in [-0.2, -0.15) is 5.26 Å². The van der Waals surface area contributed by atoms with Gasteiger partial charge in [0.1, 0.15) is 0 Å². The van der Waals surface area contributed by atoms with E-state index >= 15 is 0 Å². The van der Waals surface area contributed by atoms with E-state index < -0.39 is 0 Å². The van der Waals surface area contributed by atoms with Gasteiger partial charge in [0, 0.05) is 17.8 Å². The molecule has 0 atom stereocenters. The number of nitriles is 1. The van der Waals surface area contributed by atoms with Gasteiger partial charge < -0.3 is 10.3 Å². The summed E-state index contributed by atoms with van der Waals surface area (Å²) < 4.78 is 0. The summed E-state index contributed by atoms with van der Waals surface area (Å²) in [6, 6.07) is 10.9. The molecule has 2 aromatic rings. The molecule has 1 fully saturated rings. The number of aromatic amines is 1. The first-order chi connectivity index (χ1) is 11.2. The standard InChI is InChI=1S/C18H18N4O/c19-11-12-5-7-13(8-6-12)17(20)16-15(9-10-21-18(16)23)22-14-3-1-2-4-14/h5-10,14,20H,1-4H2,(H2,21,22,23). The Morgan fingerprint density at radius 3 is 2.57 bits per heavy atom. The topological polar surface area (TPSA) is 92.5 Å². The second-order valence-corrected chi connectivity index (χ2v) is 5.79. The average Bonchev–Trinajstić information content (AvgIpc) is 3.08. The molecule has 0 saturated heterocycles. The largest absolute Gasteiger partial charge is 0.382 e. The van der Waals surface area contributed by atoms with Gasteiger partial charge in [-0.1, -0.05) is 25.0 Å². The fraction of sp³-hybridized carbons (Fsp3) is 0.278. The summed E-state index contributed by atoms with van der Waals surface area (Å²) in [5.74, 6) is 0. The van der Waals surface area contributed by atoms with Crippen molar-refractivity contribution >= 4 is 11.4 Å². The van der Waals surface area contributed by atoms with Gasteiger partial charge in [0.05, 0.1) is 28.6 Å². The van der Waals surface area contributed by atoms with Crippen LogP contribution in [-0.4, -0.2) is 16.7 Å². The van der Waals surface area contributed by atoms with E-state index in [1.807, 2.05) is 6.07 Å². The van der Waals surface area contributed by atoms with Gasteiger partial charge in [0.2, 0.25) is 0 Å². The minimum Gasteiger partial charge on any atom is -0.382 e. The zero-order valence-electron chi connectivity index (χ0n) is 12.7. The van der Waals surface area contributed by atoms with E-state index in [4.69, 9.17) is 10.7 Å². The van der Waals surface area contributed by atoms with Crippen LogP contribution in [0, 0.1) is 16.7 Å². The molecule has 0 spiro atoms. The number of aromatic nitrogens is 1. The number of H-pyrrole nitrogens is 1. The first-order valence-corrected chi connectivity index (χ1v) is 7.76. The lowest BCUT2D eigenvalue weighted by molar-refractivity contribution is 0.754. The highest BCUT2D eigenvalue weighted by Crippen LogP contribution is 2.24. The summed E-state index contributed by atoms with van der Waals surface area (Å²) in [6.07, 6.45) is 6.19. The van der Waals surface area contributed by atoms with Crippen molar-refractivity contribution in [1.29, 1.82) is 10.7 Å². The van der Waals surface area contributed by atoms with Crippen LogP contribution in [0.2, 0.25) is 0 Å². The molecule has 116 valence electrons. The predicted octanol–water partition coefficient (Wildman–Crippen LogP) is 3.02. The highest BCUT2D eigenvalue weighted by Gasteiger charge is 2.19. The molecular weight excluding hydrogens is 288 g/mol. The molecule has 1 aromatic carbocycles. The molecule has 3 N–H and O–H groups in total. The van der Waals surface area contributed by atoms with Crippen LogP contribution in [0.1, 0.15) is 42.4 Å². The van der Waals surface area contributed by atoms with E-state index in [-0.39, 0.29) is 11.3 Å². The van der Waals surface area contributed by atoms with Gasteiger partial charge in [-0.3, -0.25) is 10.2 Å². The Labute approximate surface area is 134 Å². The van der Waals surface area contributed by atoms with Gasteiger partial charge in [-0.25, -0.2) is 0 Å². The van der Waals surface area contributed by atoms with Crippen molar-refractivity contribution in [2.75, 3.05) is 5.32 Å². The number of pyridine rings is 1. The lowest BCUT2D eigenvalue weighted by atomic mass is 10.0. The van der Waals surface area contributed by atoms with Crippen LogP contribution in [0.5, 0.6) is 0 Å². The van der Waals surface area contributed by atoms with Crippen LogP contribution in [0.4, 0.5) is 5.69 Å². The summed E-state index contributed by atoms with van der Waals surface area (Å²) in [5.41, 5.74) is 2.10. The molecule has 1 aliphatic carbocycles. The Morgan fingerprint density at radius 2 is 1.91 bits per heavy atom. The third-order valence-corrected chi connectivity index (χ3v) is 4.23. The van der Waals surface area contributed by atoms with Crippen LogP contribution in [-0.2, 0) is 0 Å². The summed E-state index contributed by atoms with van der Waals surface area (Å²) in [4.78, 5) is 14.9. The summed E-state index contributed by atoms with van der Waals surface area (Å²) in [7, 11) is 0. The highest BCUT2D eigenvalue weighted by molar-refractivity contribution is 6.13. The third kappa shape index (κ3) is 3.16. The second-order valence-electron chi connectivity index (χ2n) is 5.79. The minimum absolute atomic E-state index is 0.164. The molecule has 1 aromatic heterocycles. The quantitative estimate of drug-likeness (QED) is 0.758. The van der Waals surface area contributed by atoms with Crippen molar-refractivity contribution in [3.8, 4) is 6.07 Å². The molecule has 1 aliphatic rings. The van der Waals surface area contributed by atoms with E-state index in [2.05, 4.69) is 16.4 Å². The molecule has 0 unspecified atom stereocenters. The lowest BCUT2D eigenvalue weighted by Crippen LogP contribution is -2.24. The molecule has 1 saturated carbocycles. The summed E-state index contributed by atoms with van der Waals surface area (Å²) in [6.45, 7) is 0. The normalized spacial score (nSPS) is 14.4. The maximum absolute atomic E-state index is 12.3. The third-order valence-electron chi connectivity index (χ3n) is 4.23. The molecule has 5 nitrogen and oxygen atoms in total. The fourth-order valence-electron chi connectivity index (χ4n) is 2.99. The zero-order chi connectivity index (χ0) is 16.2. The van der Waals surface area contributed by atoms with Crippen LogP contribution < -0.4 is 10.9 Å². The van der Waals surface area contributed by atoms with Gasteiger partial charge in [-0.15, -0.1) is 0 Å². The van der Waals surface area contributed by atoms with Crippen molar-refractivity contribution in [3.63, 3.8) is 0 Å². The first kappa shape index (κ1) is 15.0. The smallest absolute Gasteiger partial charge is 0.259 e. The van der Waals surface area contributed by atoms with Crippen molar-refractivity contribution in [2.45, 2.75) is 31.7 Å². The number of hydrogen-bond donors (Lipinski definition) is 3. The highest BCUT2D eigenvalue weighted by atomic mass is 16.1. The van der Waals surface area contributed by atoms with Gasteiger partial charge in [0.15, 0.2) is 0 Å². The molecule has 23 heavy (non-hydrogen) atoms. The van der Waals surface area contributed by atoms with Crippen LogP contribution in [0.15, 0.2) is 41.3 Å². The Hall–Kier alpha value is -2.87. The van der Waals surface area contributed by atoms with Crippen LogP contribution in [0.3, 0.4) is 0 Å². The van der Waals surface area contributed by atoms with Crippen molar-refractivity contribution < 1.29 is 0 Å². The van der Waals surface area contributed by atoms with Gasteiger partial charge >= 0.3 is 0 Å². The van der Waals surface area contributed by atoms with E-state index in [9.17, 15) is 4.79 Å². The number of benzene rings is 1. The van der Waals surface area contributed by atoms with Crippen molar-refractivity contribution in [1.82, 2.24) is 4.98 Å². The molecule has 3 rings (SSSR count). The number of nitrogens with one attached hydrogen (secondary N) is 3. The maximum Gasteiger partial charge on any atom is 0.259 e. The molecular formula is C18H18N4O. The minimum atomic E-state index is -0.276. The second kappa shape index (κ2) is 6.49. The monoisotopic (exact) mass is 306 g/mol. The molecule has 0 radical (unpaired) electrons. The van der Waals surface area contributed by atoms with Gasteiger partial charge in [0.25, 0.3) is 5.56 Å². The molecule has 5 heteroatoms. The number of anilines is 1. The number of hydrogen-bond acceptors (Lipinski definition) is 4. The van der Waals surface area contributed by atoms with E-state index in [1.54, 1.807) is 30.5 Å². The predicted molar refractivity (Wildman–Crippen MR) is 90.0 cm³/mol. The van der Waals surface area contributed by atoms with Crippen LogP contribution >= 0.6 is 0 Å². The maximum atomic E-state index is 12.3. The lowest BCUT2D eigenvalue weighted by Gasteiger charge is -2.17. The Balaban J connectivity index is 1.95. The van der Waals surface area contributed by atoms with E-state index in [1.165, 1.54) is 12.8 Å². The Morgan fingerprint density at radius 1 is 1.22 bits per heavy atom. The number of nitrogens with zero attached hydrogens (tertiary/aromatic N) is 1. The summed E-state index contributed by atoms with van der Waals surface area (Å²) in [5, 5.41) is 20.7. The van der Waals surface area contributed by atoms with Gasteiger partial charge in [-0.05, 0) is 31.0 Å². The average molecular weight is 306 g/mol. The zero-order valence-corrected chi connectivity index (χ0v) is 12.7. The van der Waals surface area contributed by atoms with E-state index in [0.717, 1.165) is 12.8 Å².